The highest BCUT2D eigenvalue weighted by Crippen LogP contribution is 2.25. The van der Waals surface area contributed by atoms with Crippen molar-refractivity contribution in [1.29, 1.82) is 0 Å². The lowest BCUT2D eigenvalue weighted by atomic mass is 10.1. The number of aromatic nitrogens is 3. The van der Waals surface area contributed by atoms with Crippen molar-refractivity contribution in [1.82, 2.24) is 19.9 Å². The van der Waals surface area contributed by atoms with E-state index in [0.29, 0.717) is 0 Å². The zero-order valence-electron chi connectivity index (χ0n) is 11.0. The number of likely N-dealkylation sites (N-methyl/N-ethyl adjacent to an activating group) is 1. The van der Waals surface area contributed by atoms with Crippen molar-refractivity contribution >= 4 is 21.6 Å². The van der Waals surface area contributed by atoms with Crippen LogP contribution in [0.25, 0.3) is 10.2 Å². The topological polar surface area (TPSA) is 42.7 Å². The van der Waals surface area contributed by atoms with E-state index in [9.17, 15) is 0 Å². The Hall–Kier alpha value is -1.72. The molecule has 0 radical (unpaired) electrons. The molecule has 0 spiro atoms. The number of imidazole rings is 1. The van der Waals surface area contributed by atoms with Gasteiger partial charge in [0.2, 0.25) is 0 Å². The number of fused-ring (bicyclic) bond motifs is 1. The van der Waals surface area contributed by atoms with E-state index in [1.807, 2.05) is 32.7 Å². The summed E-state index contributed by atoms with van der Waals surface area (Å²) in [6.45, 7) is 0. The first-order chi connectivity index (χ1) is 9.28. The van der Waals surface area contributed by atoms with Crippen molar-refractivity contribution in [2.24, 2.45) is 7.05 Å². The Morgan fingerprint density at radius 3 is 2.89 bits per heavy atom. The van der Waals surface area contributed by atoms with Crippen LogP contribution in [0, 0.1) is 0 Å². The largest absolute Gasteiger partial charge is 0.336 e. The number of aryl methyl sites for hydroxylation is 1. The van der Waals surface area contributed by atoms with Gasteiger partial charge in [0, 0.05) is 19.7 Å². The van der Waals surface area contributed by atoms with Crippen molar-refractivity contribution in [3.05, 3.63) is 47.5 Å². The second-order valence-electron chi connectivity index (χ2n) is 4.55. The zero-order valence-corrected chi connectivity index (χ0v) is 11.8. The lowest BCUT2D eigenvalue weighted by Gasteiger charge is -2.15. The van der Waals surface area contributed by atoms with Gasteiger partial charge in [0.05, 0.1) is 33.3 Å². The van der Waals surface area contributed by atoms with Crippen LogP contribution in [-0.4, -0.2) is 21.6 Å². The van der Waals surface area contributed by atoms with Gasteiger partial charge in [-0.2, -0.15) is 0 Å². The predicted molar refractivity (Wildman–Crippen MR) is 78.3 cm³/mol. The fourth-order valence-electron chi connectivity index (χ4n) is 2.24. The fourth-order valence-corrected chi connectivity index (χ4v) is 3.25. The molecule has 0 saturated heterocycles. The number of hydrogen-bond donors (Lipinski definition) is 1. The lowest BCUT2D eigenvalue weighted by Crippen LogP contribution is -2.21. The van der Waals surface area contributed by atoms with E-state index in [1.54, 1.807) is 11.3 Å². The molecule has 3 aromatic rings. The van der Waals surface area contributed by atoms with E-state index in [0.717, 1.165) is 16.9 Å². The first kappa shape index (κ1) is 12.3. The van der Waals surface area contributed by atoms with Gasteiger partial charge in [-0.05, 0) is 19.2 Å². The Kier molecular flexibility index (Phi) is 3.31. The van der Waals surface area contributed by atoms with Crippen LogP contribution in [-0.2, 0) is 13.5 Å². The molecule has 0 aliphatic rings. The molecular formula is C14H16N4S. The number of rotatable bonds is 4. The minimum Gasteiger partial charge on any atom is -0.336 e. The summed E-state index contributed by atoms with van der Waals surface area (Å²) < 4.78 is 3.30. The Morgan fingerprint density at radius 1 is 1.37 bits per heavy atom. The highest BCUT2D eigenvalue weighted by atomic mass is 32.1. The maximum absolute atomic E-state index is 4.69. The number of benzene rings is 1. The smallest absolute Gasteiger partial charge is 0.0958 e. The molecule has 4 nitrogen and oxygen atoms in total. The fraction of sp³-hybridized carbons (Fsp3) is 0.286. The van der Waals surface area contributed by atoms with Crippen LogP contribution in [0.3, 0.4) is 0 Å². The van der Waals surface area contributed by atoms with Crippen LogP contribution in [0.4, 0.5) is 0 Å². The normalized spacial score (nSPS) is 12.9. The van der Waals surface area contributed by atoms with Gasteiger partial charge in [-0.3, -0.25) is 0 Å². The van der Waals surface area contributed by atoms with Gasteiger partial charge in [0.1, 0.15) is 0 Å². The molecule has 2 aromatic heterocycles. The summed E-state index contributed by atoms with van der Waals surface area (Å²) >= 11 is 1.76. The summed E-state index contributed by atoms with van der Waals surface area (Å²) in [4.78, 5) is 8.87. The number of thiazole rings is 1. The molecule has 1 aromatic carbocycles. The van der Waals surface area contributed by atoms with E-state index in [1.165, 1.54) is 10.4 Å². The van der Waals surface area contributed by atoms with Gasteiger partial charge < -0.3 is 9.88 Å². The molecule has 5 heteroatoms. The van der Waals surface area contributed by atoms with Crippen molar-refractivity contribution in [2.75, 3.05) is 7.05 Å². The SMILES string of the molecule is CNC(Cc1nc2ccccc2s1)c1cncn1C. The molecule has 3 rings (SSSR count). The number of para-hydroxylation sites is 1. The quantitative estimate of drug-likeness (QED) is 0.793. The molecule has 1 unspecified atom stereocenters. The average molecular weight is 272 g/mol. The lowest BCUT2D eigenvalue weighted by molar-refractivity contribution is 0.554. The minimum atomic E-state index is 0.244. The van der Waals surface area contributed by atoms with E-state index >= 15 is 0 Å². The summed E-state index contributed by atoms with van der Waals surface area (Å²) in [6.07, 6.45) is 4.63. The molecule has 1 N–H and O–H groups in total. The summed E-state index contributed by atoms with van der Waals surface area (Å²) in [6, 6.07) is 8.51. The Bertz CT molecular complexity index is 652. The summed E-state index contributed by atoms with van der Waals surface area (Å²) in [5.41, 5.74) is 2.27. The van der Waals surface area contributed by atoms with Crippen LogP contribution in [0.1, 0.15) is 16.7 Å². The Morgan fingerprint density at radius 2 is 2.21 bits per heavy atom. The molecule has 19 heavy (non-hydrogen) atoms. The minimum absolute atomic E-state index is 0.244. The molecule has 0 fully saturated rings. The third-order valence-electron chi connectivity index (χ3n) is 3.28. The van der Waals surface area contributed by atoms with E-state index in [4.69, 9.17) is 0 Å². The van der Waals surface area contributed by atoms with Crippen molar-refractivity contribution in [3.63, 3.8) is 0 Å². The third-order valence-corrected chi connectivity index (χ3v) is 4.34. The molecule has 0 aliphatic carbocycles. The van der Waals surface area contributed by atoms with Crippen LogP contribution < -0.4 is 5.32 Å². The standard InChI is InChI=1S/C14H16N4S/c1-15-11(12-8-16-9-18(12)2)7-14-17-10-5-3-4-6-13(10)19-14/h3-6,8-9,11,15H,7H2,1-2H3. The van der Waals surface area contributed by atoms with Crippen LogP contribution >= 0.6 is 11.3 Å². The molecule has 1 atom stereocenters. The molecule has 98 valence electrons. The van der Waals surface area contributed by atoms with E-state index < -0.39 is 0 Å². The van der Waals surface area contributed by atoms with Crippen LogP contribution in [0.15, 0.2) is 36.8 Å². The summed E-state index contributed by atoms with van der Waals surface area (Å²) in [5, 5.41) is 4.50. The van der Waals surface area contributed by atoms with Crippen molar-refractivity contribution in [3.8, 4) is 0 Å². The first-order valence-corrected chi connectivity index (χ1v) is 7.07. The molecule has 0 bridgehead atoms. The number of hydrogen-bond acceptors (Lipinski definition) is 4. The average Bonchev–Trinajstić information content (AvgIpc) is 3.01. The molecule has 0 saturated carbocycles. The molecular weight excluding hydrogens is 256 g/mol. The highest BCUT2D eigenvalue weighted by molar-refractivity contribution is 7.18. The van der Waals surface area contributed by atoms with E-state index in [-0.39, 0.29) is 6.04 Å². The summed E-state index contributed by atoms with van der Waals surface area (Å²) in [5.74, 6) is 0. The molecule has 0 aliphatic heterocycles. The number of nitrogens with zero attached hydrogens (tertiary/aromatic N) is 3. The van der Waals surface area contributed by atoms with Gasteiger partial charge >= 0.3 is 0 Å². The predicted octanol–water partition coefficient (Wildman–Crippen LogP) is 2.53. The van der Waals surface area contributed by atoms with Crippen molar-refractivity contribution < 1.29 is 0 Å². The summed E-state index contributed by atoms with van der Waals surface area (Å²) in [7, 11) is 4.00. The van der Waals surface area contributed by atoms with Gasteiger partial charge in [-0.15, -0.1) is 11.3 Å². The van der Waals surface area contributed by atoms with Gasteiger partial charge in [0.25, 0.3) is 0 Å². The Labute approximate surface area is 116 Å². The van der Waals surface area contributed by atoms with E-state index in [2.05, 4.69) is 38.1 Å². The van der Waals surface area contributed by atoms with Crippen molar-refractivity contribution in [2.45, 2.75) is 12.5 Å². The highest BCUT2D eigenvalue weighted by Gasteiger charge is 2.15. The third kappa shape index (κ3) is 2.39. The Balaban J connectivity index is 1.88. The maximum Gasteiger partial charge on any atom is 0.0958 e. The number of nitrogens with one attached hydrogen (secondary N) is 1. The van der Waals surface area contributed by atoms with Gasteiger partial charge in [0.15, 0.2) is 0 Å². The van der Waals surface area contributed by atoms with Crippen LogP contribution in [0.5, 0.6) is 0 Å². The second kappa shape index (κ2) is 5.11. The molecule has 0 amide bonds. The first-order valence-electron chi connectivity index (χ1n) is 6.26. The monoisotopic (exact) mass is 272 g/mol. The molecule has 2 heterocycles. The van der Waals surface area contributed by atoms with Gasteiger partial charge in [-0.1, -0.05) is 12.1 Å². The zero-order chi connectivity index (χ0) is 13.2. The van der Waals surface area contributed by atoms with Crippen LogP contribution in [0.2, 0.25) is 0 Å². The second-order valence-corrected chi connectivity index (χ2v) is 5.67. The maximum atomic E-state index is 4.69. The van der Waals surface area contributed by atoms with Gasteiger partial charge in [-0.25, -0.2) is 9.97 Å².